The third kappa shape index (κ3) is 8.83. The number of ether oxygens (including phenoxy) is 2. The average Bonchev–Trinajstić information content (AvgIpc) is 3.32. The van der Waals surface area contributed by atoms with Gasteiger partial charge < -0.3 is 28.9 Å². The summed E-state index contributed by atoms with van der Waals surface area (Å²) in [7, 11) is 5.46. The number of nitrogens with zero attached hydrogens (tertiary/aromatic N) is 5. The number of anilines is 2. The number of hydrogen-bond acceptors (Lipinski definition) is 8. The van der Waals surface area contributed by atoms with Crippen molar-refractivity contribution >= 4 is 28.5 Å². The van der Waals surface area contributed by atoms with Crippen molar-refractivity contribution in [2.24, 2.45) is 0 Å². The number of hydrogen-bond donors (Lipinski definition) is 1. The van der Waals surface area contributed by atoms with E-state index in [2.05, 4.69) is 75.4 Å². The van der Waals surface area contributed by atoms with Crippen LogP contribution < -0.4 is 9.64 Å². The Morgan fingerprint density at radius 2 is 1.62 bits per heavy atom. The van der Waals surface area contributed by atoms with Gasteiger partial charge in [0.1, 0.15) is 6.61 Å². The van der Waals surface area contributed by atoms with Crippen LogP contribution in [0.1, 0.15) is 57.0 Å². The second-order valence-corrected chi connectivity index (χ2v) is 12.3. The molecule has 1 N–H and O–H groups in total. The first-order chi connectivity index (χ1) is 21.3. The van der Waals surface area contributed by atoms with Gasteiger partial charge in [-0.05, 0) is 84.0 Å². The Balaban J connectivity index is 0.000000719. The number of esters is 1. The van der Waals surface area contributed by atoms with Crippen LogP contribution in [0.15, 0.2) is 42.7 Å². The number of rotatable bonds is 8. The zero-order chi connectivity index (χ0) is 33.5. The van der Waals surface area contributed by atoms with Crippen molar-refractivity contribution in [3.8, 4) is 16.9 Å². The number of aromatic nitrogens is 3. The first-order valence-corrected chi connectivity index (χ1v) is 15.7. The van der Waals surface area contributed by atoms with Gasteiger partial charge in [-0.2, -0.15) is 0 Å². The van der Waals surface area contributed by atoms with Crippen LogP contribution in [0, 0.1) is 20.8 Å². The lowest BCUT2D eigenvalue weighted by Crippen LogP contribution is -2.30. The van der Waals surface area contributed by atoms with Crippen LogP contribution in [-0.2, 0) is 22.5 Å². The van der Waals surface area contributed by atoms with Gasteiger partial charge in [0.05, 0.1) is 42.7 Å². The van der Waals surface area contributed by atoms with Gasteiger partial charge in [-0.1, -0.05) is 43.7 Å². The minimum Gasteiger partial charge on any atom is -0.489 e. The fraction of sp³-hybridized carbons (Fsp3) is 0.472. The Labute approximate surface area is 268 Å². The molecule has 3 heterocycles. The van der Waals surface area contributed by atoms with Crippen molar-refractivity contribution in [2.75, 3.05) is 45.8 Å². The van der Waals surface area contributed by atoms with Gasteiger partial charge >= 0.3 is 5.97 Å². The lowest BCUT2D eigenvalue weighted by atomic mass is 9.88. The van der Waals surface area contributed by atoms with Gasteiger partial charge in [-0.3, -0.25) is 4.79 Å². The van der Waals surface area contributed by atoms with E-state index in [1.165, 1.54) is 18.4 Å². The topological polar surface area (TPSA) is 93.0 Å². The van der Waals surface area contributed by atoms with Crippen molar-refractivity contribution in [1.82, 2.24) is 19.4 Å². The van der Waals surface area contributed by atoms with E-state index in [1.54, 1.807) is 33.2 Å². The molecule has 0 bridgehead atoms. The lowest BCUT2D eigenvalue weighted by Gasteiger charge is -2.33. The molecule has 1 aliphatic heterocycles. The molecule has 0 amide bonds. The Kier molecular flexibility index (Phi) is 12.1. The van der Waals surface area contributed by atoms with E-state index in [0.29, 0.717) is 18.3 Å². The van der Waals surface area contributed by atoms with Crippen molar-refractivity contribution in [1.29, 1.82) is 0 Å². The van der Waals surface area contributed by atoms with E-state index in [-0.39, 0.29) is 12.4 Å². The number of carbonyl (C=O) groups excluding carboxylic acids is 1. The number of methoxy groups -OCH3 is 1. The second-order valence-electron chi connectivity index (χ2n) is 12.3. The molecule has 1 aliphatic rings. The maximum absolute atomic E-state index is 12.6. The highest BCUT2D eigenvalue weighted by Gasteiger charge is 2.30. The van der Waals surface area contributed by atoms with Gasteiger partial charge in [-0.25, -0.2) is 9.97 Å². The molecule has 0 saturated heterocycles. The molecule has 2 aromatic heterocycles. The molecule has 0 spiro atoms. The fourth-order valence-electron chi connectivity index (χ4n) is 5.28. The molecule has 0 saturated carbocycles. The van der Waals surface area contributed by atoms with E-state index in [9.17, 15) is 4.79 Å². The van der Waals surface area contributed by atoms with Crippen LogP contribution in [0.5, 0.6) is 5.75 Å². The highest BCUT2D eigenvalue weighted by Crippen LogP contribution is 2.46. The van der Waals surface area contributed by atoms with Crippen molar-refractivity contribution in [2.45, 2.75) is 74.0 Å². The molecule has 0 atom stereocenters. The summed E-state index contributed by atoms with van der Waals surface area (Å²) in [6.45, 7) is 18.5. The molecule has 9 heteroatoms. The normalized spacial score (nSPS) is 12.3. The van der Waals surface area contributed by atoms with Crippen molar-refractivity contribution in [3.63, 3.8) is 0 Å². The van der Waals surface area contributed by atoms with Gasteiger partial charge in [0.2, 0.25) is 5.95 Å². The molecule has 9 nitrogen and oxygen atoms in total. The van der Waals surface area contributed by atoms with Gasteiger partial charge in [0.25, 0.3) is 0 Å². The quantitative estimate of drug-likeness (QED) is 0.220. The molecule has 0 aliphatic carbocycles. The predicted octanol–water partition coefficient (Wildman–Crippen LogP) is 6.63. The Bertz CT molecular complexity index is 1560. The third-order valence-corrected chi connectivity index (χ3v) is 7.28. The van der Waals surface area contributed by atoms with Crippen LogP contribution in [0.2, 0.25) is 0 Å². The van der Waals surface area contributed by atoms with Crippen molar-refractivity contribution in [3.05, 3.63) is 65.1 Å². The number of likely N-dealkylation sites (N-methyl/N-ethyl adjacent to an activating group) is 1. The first kappa shape index (κ1) is 35.5. The fourth-order valence-corrected chi connectivity index (χ4v) is 5.28. The minimum absolute atomic E-state index is 0.187. The summed E-state index contributed by atoms with van der Waals surface area (Å²) in [6.07, 6.45) is 3.66. The summed E-state index contributed by atoms with van der Waals surface area (Å²) >= 11 is 0. The molecule has 244 valence electrons. The summed E-state index contributed by atoms with van der Waals surface area (Å²) in [5, 5.41) is 9.65. The summed E-state index contributed by atoms with van der Waals surface area (Å²) in [6, 6.07) is 10.7. The highest BCUT2D eigenvalue weighted by atomic mass is 16.5. The predicted molar refractivity (Wildman–Crippen MR) is 184 cm³/mol. The standard InChI is InChI=1S/C30H35N5O3.C4H10O.C2H6/c1-19-7-9-22(10-8-19)27-24(16-26(36)37-6)21(3)28-29-25(27)15-20(2)34(29)11-12-35(28)30-31-17-23(18-32-30)38-14-13-33(4)5;1-4(2,3)5;1-2/h7-10,15,17-18H,11-14,16H2,1-6H3;5H,1-3H3;1-2H3. The maximum Gasteiger partial charge on any atom is 0.310 e. The van der Waals surface area contributed by atoms with E-state index in [0.717, 1.165) is 58.5 Å². The van der Waals surface area contributed by atoms with Gasteiger partial charge in [0, 0.05) is 30.7 Å². The maximum atomic E-state index is 12.6. The Morgan fingerprint density at radius 3 is 2.18 bits per heavy atom. The monoisotopic (exact) mass is 617 g/mol. The van der Waals surface area contributed by atoms with E-state index in [4.69, 9.17) is 14.6 Å². The number of benzene rings is 2. The molecular formula is C36H51N5O4. The third-order valence-electron chi connectivity index (χ3n) is 7.28. The largest absolute Gasteiger partial charge is 0.489 e. The molecule has 45 heavy (non-hydrogen) atoms. The smallest absolute Gasteiger partial charge is 0.310 e. The van der Waals surface area contributed by atoms with Crippen LogP contribution >= 0.6 is 0 Å². The molecule has 0 fully saturated rings. The molecule has 4 aromatic rings. The second kappa shape index (κ2) is 15.4. The summed E-state index contributed by atoms with van der Waals surface area (Å²) < 4.78 is 13.3. The SMILES string of the molecule is CC.CC(C)(C)O.COC(=O)Cc1c(C)c2c3c(cc(C)n3CCN2c2ncc(OCCN(C)C)cn2)c1-c1ccc(C)cc1. The van der Waals surface area contributed by atoms with Gasteiger partial charge in [0.15, 0.2) is 5.75 Å². The molecule has 0 radical (unpaired) electrons. The number of carbonyl (C=O) groups is 1. The molecule has 5 rings (SSSR count). The number of aryl methyl sites for hydroxylation is 2. The summed E-state index contributed by atoms with van der Waals surface area (Å²) in [5.74, 6) is 1.00. The Hall–Kier alpha value is -3.95. The molecule has 0 unspecified atom stereocenters. The van der Waals surface area contributed by atoms with E-state index in [1.807, 2.05) is 27.9 Å². The van der Waals surface area contributed by atoms with Crippen LogP contribution in [0.3, 0.4) is 0 Å². The Morgan fingerprint density at radius 1 is 1.02 bits per heavy atom. The van der Waals surface area contributed by atoms with Crippen LogP contribution in [0.4, 0.5) is 11.6 Å². The zero-order valence-corrected chi connectivity index (χ0v) is 29.0. The van der Waals surface area contributed by atoms with Gasteiger partial charge in [-0.15, -0.1) is 0 Å². The minimum atomic E-state index is -0.500. The van der Waals surface area contributed by atoms with Crippen molar-refractivity contribution < 1.29 is 19.4 Å². The van der Waals surface area contributed by atoms with E-state index >= 15 is 0 Å². The zero-order valence-electron chi connectivity index (χ0n) is 29.0. The lowest BCUT2D eigenvalue weighted by molar-refractivity contribution is -0.139. The summed E-state index contributed by atoms with van der Waals surface area (Å²) in [5.41, 5.74) is 8.24. The highest BCUT2D eigenvalue weighted by molar-refractivity contribution is 6.08. The number of aliphatic hydroxyl groups is 1. The molecular weight excluding hydrogens is 566 g/mol. The van der Waals surface area contributed by atoms with Crippen LogP contribution in [-0.4, -0.2) is 77.0 Å². The average molecular weight is 618 g/mol. The van der Waals surface area contributed by atoms with Crippen LogP contribution in [0.25, 0.3) is 22.0 Å². The first-order valence-electron chi connectivity index (χ1n) is 15.7. The van der Waals surface area contributed by atoms with E-state index < -0.39 is 5.60 Å². The summed E-state index contributed by atoms with van der Waals surface area (Å²) in [4.78, 5) is 26.2. The molecule has 2 aromatic carbocycles.